The highest BCUT2D eigenvalue weighted by atomic mass is 16.5. The Kier molecular flexibility index (Phi) is 53.0. The number of rotatable bonds is 54. The summed E-state index contributed by atoms with van der Waals surface area (Å²) in [5, 5.41) is 23.2. The standard InChI is InChI=1S/C58H113NO5/c1-3-5-7-9-11-13-15-17-19-20-21-22-23-24-26-30-34-38-42-46-50-56(61)55(54-60)59-57(62)51-47-43-39-35-31-27-25-29-33-37-41-45-49-53-64-58(63)52-48-44-40-36-32-28-18-16-14-12-10-8-6-4-2/h46,50,55-56,60-61H,3-45,47-49,51-54H2,1-2H3,(H,59,62)/b50-46+. The van der Waals surface area contributed by atoms with Gasteiger partial charge in [-0.3, -0.25) is 9.59 Å². The van der Waals surface area contributed by atoms with Crippen LogP contribution in [0.25, 0.3) is 0 Å². The van der Waals surface area contributed by atoms with Gasteiger partial charge < -0.3 is 20.3 Å². The second-order valence-corrected chi connectivity index (χ2v) is 20.0. The quantitative estimate of drug-likeness (QED) is 0.0321. The second kappa shape index (κ2) is 54.2. The van der Waals surface area contributed by atoms with E-state index in [0.717, 1.165) is 57.8 Å². The third-order valence-electron chi connectivity index (χ3n) is 13.6. The number of nitrogens with one attached hydrogen (secondary N) is 1. The van der Waals surface area contributed by atoms with Crippen molar-refractivity contribution < 1.29 is 24.5 Å². The third-order valence-corrected chi connectivity index (χ3v) is 13.6. The second-order valence-electron chi connectivity index (χ2n) is 20.0. The number of ether oxygens (including phenoxy) is 1. The Balaban J connectivity index is 3.47. The lowest BCUT2D eigenvalue weighted by Crippen LogP contribution is -2.45. The molecule has 0 saturated heterocycles. The number of carbonyl (C=O) groups excluding carboxylic acids is 2. The summed E-state index contributed by atoms with van der Waals surface area (Å²) in [6.07, 6.45) is 63.7. The topological polar surface area (TPSA) is 95.9 Å². The summed E-state index contributed by atoms with van der Waals surface area (Å²) in [7, 11) is 0. The first-order valence-electron chi connectivity index (χ1n) is 29.0. The molecular weight excluding hydrogens is 791 g/mol. The monoisotopic (exact) mass is 904 g/mol. The predicted octanol–water partition coefficient (Wildman–Crippen LogP) is 17.7. The van der Waals surface area contributed by atoms with Crippen molar-refractivity contribution in [3.8, 4) is 0 Å². The number of aliphatic hydroxyl groups excluding tert-OH is 2. The molecule has 1 amide bonds. The van der Waals surface area contributed by atoms with Crippen LogP contribution in [-0.2, 0) is 14.3 Å². The molecule has 64 heavy (non-hydrogen) atoms. The van der Waals surface area contributed by atoms with Crippen molar-refractivity contribution in [3.63, 3.8) is 0 Å². The highest BCUT2D eigenvalue weighted by molar-refractivity contribution is 5.76. The number of hydrogen-bond donors (Lipinski definition) is 3. The Morgan fingerprint density at radius 1 is 0.422 bits per heavy atom. The van der Waals surface area contributed by atoms with E-state index >= 15 is 0 Å². The van der Waals surface area contributed by atoms with Gasteiger partial charge in [-0.25, -0.2) is 0 Å². The van der Waals surface area contributed by atoms with E-state index in [-0.39, 0.29) is 18.5 Å². The number of unbranched alkanes of at least 4 members (excludes halogenated alkanes) is 43. The Morgan fingerprint density at radius 2 is 0.719 bits per heavy atom. The lowest BCUT2D eigenvalue weighted by Gasteiger charge is -2.20. The van der Waals surface area contributed by atoms with E-state index in [1.165, 1.54) is 238 Å². The molecule has 3 N–H and O–H groups in total. The smallest absolute Gasteiger partial charge is 0.305 e. The van der Waals surface area contributed by atoms with Gasteiger partial charge in [-0.05, 0) is 32.1 Å². The molecule has 0 radical (unpaired) electrons. The molecule has 0 aliphatic carbocycles. The molecule has 0 heterocycles. The Hall–Kier alpha value is -1.40. The summed E-state index contributed by atoms with van der Waals surface area (Å²) in [6, 6.07) is -0.637. The maximum atomic E-state index is 12.5. The average Bonchev–Trinajstić information content (AvgIpc) is 3.29. The molecule has 0 spiro atoms. The maximum Gasteiger partial charge on any atom is 0.305 e. The third kappa shape index (κ3) is 50.0. The minimum Gasteiger partial charge on any atom is -0.466 e. The van der Waals surface area contributed by atoms with E-state index in [4.69, 9.17) is 4.74 Å². The highest BCUT2D eigenvalue weighted by Crippen LogP contribution is 2.17. The van der Waals surface area contributed by atoms with Gasteiger partial charge in [-0.1, -0.05) is 289 Å². The van der Waals surface area contributed by atoms with Crippen molar-refractivity contribution in [2.45, 2.75) is 334 Å². The molecule has 6 nitrogen and oxygen atoms in total. The van der Waals surface area contributed by atoms with Gasteiger partial charge >= 0.3 is 5.97 Å². The summed E-state index contributed by atoms with van der Waals surface area (Å²) in [4.78, 5) is 24.5. The van der Waals surface area contributed by atoms with Crippen molar-refractivity contribution in [2.75, 3.05) is 13.2 Å². The molecule has 2 unspecified atom stereocenters. The largest absolute Gasteiger partial charge is 0.466 e. The number of esters is 1. The van der Waals surface area contributed by atoms with E-state index in [1.807, 2.05) is 6.08 Å². The molecule has 2 atom stereocenters. The van der Waals surface area contributed by atoms with E-state index in [9.17, 15) is 19.8 Å². The number of aliphatic hydroxyl groups is 2. The summed E-state index contributed by atoms with van der Waals surface area (Å²) in [6.45, 7) is 4.90. The molecule has 0 saturated carbocycles. The number of allylic oxidation sites excluding steroid dienone is 1. The number of amides is 1. The lowest BCUT2D eigenvalue weighted by atomic mass is 10.0. The van der Waals surface area contributed by atoms with E-state index in [2.05, 4.69) is 19.2 Å². The Bertz CT molecular complexity index is 955. The van der Waals surface area contributed by atoms with Crippen molar-refractivity contribution in [3.05, 3.63) is 12.2 Å². The van der Waals surface area contributed by atoms with Crippen LogP contribution in [0, 0.1) is 0 Å². The zero-order valence-corrected chi connectivity index (χ0v) is 43.3. The SMILES string of the molecule is CCCCCCCCCCCCCCCCCCCC/C=C/C(O)C(CO)NC(=O)CCCCCCCCCCCCCCCOC(=O)CCCCCCCCCCCCCCCC. The zero-order chi connectivity index (χ0) is 46.5. The fraction of sp³-hybridized carbons (Fsp3) is 0.931. The summed E-state index contributed by atoms with van der Waals surface area (Å²) < 4.78 is 5.47. The summed E-state index contributed by atoms with van der Waals surface area (Å²) in [5.74, 6) is -0.0812. The molecule has 6 heteroatoms. The molecule has 0 aromatic heterocycles. The van der Waals surface area contributed by atoms with E-state index in [0.29, 0.717) is 19.4 Å². The highest BCUT2D eigenvalue weighted by Gasteiger charge is 2.18. The van der Waals surface area contributed by atoms with Crippen molar-refractivity contribution in [2.24, 2.45) is 0 Å². The molecule has 0 aromatic carbocycles. The van der Waals surface area contributed by atoms with Crippen LogP contribution >= 0.6 is 0 Å². The van der Waals surface area contributed by atoms with Crippen LogP contribution in [0.4, 0.5) is 0 Å². The van der Waals surface area contributed by atoms with Crippen LogP contribution in [0.3, 0.4) is 0 Å². The van der Waals surface area contributed by atoms with Crippen LogP contribution in [0.5, 0.6) is 0 Å². The molecule has 0 aliphatic heterocycles. The molecule has 0 bridgehead atoms. The number of carbonyl (C=O) groups is 2. The van der Waals surface area contributed by atoms with Gasteiger partial charge in [0.05, 0.1) is 25.4 Å². The van der Waals surface area contributed by atoms with E-state index in [1.54, 1.807) is 6.08 Å². The van der Waals surface area contributed by atoms with Gasteiger partial charge in [0, 0.05) is 12.8 Å². The molecule has 380 valence electrons. The van der Waals surface area contributed by atoms with Crippen molar-refractivity contribution in [1.82, 2.24) is 5.32 Å². The fourth-order valence-electron chi connectivity index (χ4n) is 9.11. The van der Waals surface area contributed by atoms with Crippen molar-refractivity contribution in [1.29, 1.82) is 0 Å². The lowest BCUT2D eigenvalue weighted by molar-refractivity contribution is -0.143. The van der Waals surface area contributed by atoms with E-state index < -0.39 is 12.1 Å². The normalized spacial score (nSPS) is 12.6. The first-order chi connectivity index (χ1) is 31.5. The summed E-state index contributed by atoms with van der Waals surface area (Å²) in [5.41, 5.74) is 0. The Morgan fingerprint density at radius 3 is 1.06 bits per heavy atom. The maximum absolute atomic E-state index is 12.5. The van der Waals surface area contributed by atoms with Gasteiger partial charge in [0.2, 0.25) is 5.91 Å². The average molecular weight is 905 g/mol. The minimum atomic E-state index is -0.852. The molecule has 0 fully saturated rings. The van der Waals surface area contributed by atoms with Crippen LogP contribution in [0.2, 0.25) is 0 Å². The molecular formula is C58H113NO5. The van der Waals surface area contributed by atoms with Gasteiger partial charge in [-0.15, -0.1) is 0 Å². The minimum absolute atomic E-state index is 0.00381. The first kappa shape index (κ1) is 62.6. The fourth-order valence-corrected chi connectivity index (χ4v) is 9.11. The Labute approximate surface area is 399 Å². The van der Waals surface area contributed by atoms with Crippen molar-refractivity contribution >= 4 is 11.9 Å². The predicted molar refractivity (Wildman–Crippen MR) is 278 cm³/mol. The molecule has 0 aliphatic rings. The first-order valence-corrected chi connectivity index (χ1v) is 29.0. The molecule has 0 aromatic rings. The van der Waals surface area contributed by atoms with Crippen LogP contribution in [0.15, 0.2) is 12.2 Å². The number of hydrogen-bond acceptors (Lipinski definition) is 5. The zero-order valence-electron chi connectivity index (χ0n) is 43.3. The van der Waals surface area contributed by atoms with Gasteiger partial charge in [-0.2, -0.15) is 0 Å². The van der Waals surface area contributed by atoms with Gasteiger partial charge in [0.15, 0.2) is 0 Å². The van der Waals surface area contributed by atoms with Crippen LogP contribution in [0.1, 0.15) is 322 Å². The van der Waals surface area contributed by atoms with Crippen LogP contribution < -0.4 is 5.32 Å². The molecule has 0 rings (SSSR count). The van der Waals surface area contributed by atoms with Gasteiger partial charge in [0.1, 0.15) is 0 Å². The summed E-state index contributed by atoms with van der Waals surface area (Å²) >= 11 is 0. The van der Waals surface area contributed by atoms with Gasteiger partial charge in [0.25, 0.3) is 0 Å². The van der Waals surface area contributed by atoms with Crippen LogP contribution in [-0.4, -0.2) is 47.4 Å².